The minimum absolute atomic E-state index is 0.203. The third kappa shape index (κ3) is 4.25. The van der Waals surface area contributed by atoms with Crippen LogP contribution in [0.25, 0.3) is 0 Å². The molecule has 1 aliphatic rings. The average molecular weight is 214 g/mol. The van der Waals surface area contributed by atoms with Gasteiger partial charge >= 0.3 is 0 Å². The average Bonchev–Trinajstić information content (AvgIpc) is 2.18. The normalized spacial score (nSPS) is 21.3. The van der Waals surface area contributed by atoms with Gasteiger partial charge in [-0.2, -0.15) is 0 Å². The second-order valence-electron chi connectivity index (χ2n) is 4.09. The van der Waals surface area contributed by atoms with E-state index in [2.05, 4.69) is 14.8 Å². The summed E-state index contributed by atoms with van der Waals surface area (Å²) in [6.45, 7) is 8.70. The highest BCUT2D eigenvalue weighted by Crippen LogP contribution is 2.04. The number of nitrogens with two attached hydrogens (primary N) is 1. The first-order valence-electron chi connectivity index (χ1n) is 5.47. The summed E-state index contributed by atoms with van der Waals surface area (Å²) in [6, 6.07) is 0. The lowest BCUT2D eigenvalue weighted by atomic mass is 10.3. The number of piperazine rings is 1. The topological polar surface area (TPSA) is 65.1 Å². The SMILES string of the molecule is CC(C)=NC(N)N1CCN(CCO)CC1. The molecule has 0 saturated carbocycles. The molecule has 0 amide bonds. The molecule has 5 heteroatoms. The number of rotatable bonds is 4. The molecular weight excluding hydrogens is 192 g/mol. The van der Waals surface area contributed by atoms with Crippen molar-refractivity contribution in [3.63, 3.8) is 0 Å². The van der Waals surface area contributed by atoms with Crippen molar-refractivity contribution >= 4 is 5.71 Å². The maximum Gasteiger partial charge on any atom is 0.153 e. The third-order valence-electron chi connectivity index (χ3n) is 2.59. The van der Waals surface area contributed by atoms with E-state index in [-0.39, 0.29) is 12.9 Å². The maximum atomic E-state index is 8.81. The van der Waals surface area contributed by atoms with E-state index in [1.165, 1.54) is 0 Å². The monoisotopic (exact) mass is 214 g/mol. The van der Waals surface area contributed by atoms with Crippen LogP contribution in [0.4, 0.5) is 0 Å². The van der Waals surface area contributed by atoms with E-state index in [4.69, 9.17) is 10.8 Å². The molecule has 0 aliphatic carbocycles. The maximum absolute atomic E-state index is 8.81. The molecule has 0 spiro atoms. The van der Waals surface area contributed by atoms with Crippen LogP contribution in [0.1, 0.15) is 13.8 Å². The van der Waals surface area contributed by atoms with Gasteiger partial charge < -0.3 is 5.11 Å². The quantitative estimate of drug-likeness (QED) is 0.609. The standard InChI is InChI=1S/C10H22N4O/c1-9(2)12-10(11)14-5-3-13(4-6-14)7-8-15/h10,15H,3-8,11H2,1-2H3. The van der Waals surface area contributed by atoms with Crippen molar-refractivity contribution in [1.29, 1.82) is 0 Å². The number of aliphatic imine (C=N–C) groups is 1. The fraction of sp³-hybridized carbons (Fsp3) is 0.900. The van der Waals surface area contributed by atoms with Crippen LogP contribution < -0.4 is 5.73 Å². The van der Waals surface area contributed by atoms with Gasteiger partial charge in [0.15, 0.2) is 6.29 Å². The van der Waals surface area contributed by atoms with E-state index in [1.807, 2.05) is 13.8 Å². The van der Waals surface area contributed by atoms with E-state index < -0.39 is 0 Å². The van der Waals surface area contributed by atoms with E-state index in [9.17, 15) is 0 Å². The first kappa shape index (κ1) is 12.6. The molecule has 5 nitrogen and oxygen atoms in total. The number of aliphatic hydroxyl groups is 1. The van der Waals surface area contributed by atoms with Gasteiger partial charge in [-0.15, -0.1) is 0 Å². The molecule has 3 N–H and O–H groups in total. The molecular formula is C10H22N4O. The third-order valence-corrected chi connectivity index (χ3v) is 2.59. The second-order valence-corrected chi connectivity index (χ2v) is 4.09. The minimum atomic E-state index is -0.203. The Morgan fingerprint density at radius 3 is 2.40 bits per heavy atom. The summed E-state index contributed by atoms with van der Waals surface area (Å²) in [5, 5.41) is 8.81. The molecule has 0 aromatic rings. The summed E-state index contributed by atoms with van der Waals surface area (Å²) in [6.07, 6.45) is -0.203. The summed E-state index contributed by atoms with van der Waals surface area (Å²) in [7, 11) is 0. The van der Waals surface area contributed by atoms with Gasteiger partial charge in [0.25, 0.3) is 0 Å². The fourth-order valence-corrected chi connectivity index (χ4v) is 1.74. The Bertz CT molecular complexity index is 207. The molecule has 15 heavy (non-hydrogen) atoms. The first-order valence-corrected chi connectivity index (χ1v) is 5.47. The van der Waals surface area contributed by atoms with Crippen molar-refractivity contribution in [2.75, 3.05) is 39.3 Å². The van der Waals surface area contributed by atoms with Crippen molar-refractivity contribution in [2.24, 2.45) is 10.7 Å². The van der Waals surface area contributed by atoms with Gasteiger partial charge in [-0.25, -0.2) is 0 Å². The van der Waals surface area contributed by atoms with E-state index in [0.29, 0.717) is 0 Å². The zero-order valence-corrected chi connectivity index (χ0v) is 9.69. The van der Waals surface area contributed by atoms with Crippen molar-refractivity contribution in [1.82, 2.24) is 9.80 Å². The molecule has 1 heterocycles. The van der Waals surface area contributed by atoms with Gasteiger partial charge in [0.2, 0.25) is 0 Å². The van der Waals surface area contributed by atoms with Crippen LogP contribution in [0.3, 0.4) is 0 Å². The van der Waals surface area contributed by atoms with Crippen LogP contribution in [0.2, 0.25) is 0 Å². The Labute approximate surface area is 91.6 Å². The van der Waals surface area contributed by atoms with Crippen molar-refractivity contribution < 1.29 is 5.11 Å². The van der Waals surface area contributed by atoms with Crippen molar-refractivity contribution in [2.45, 2.75) is 20.1 Å². The predicted octanol–water partition coefficient (Wildman–Crippen LogP) is -0.681. The Morgan fingerprint density at radius 1 is 1.33 bits per heavy atom. The summed E-state index contributed by atoms with van der Waals surface area (Å²) < 4.78 is 0. The zero-order chi connectivity index (χ0) is 11.3. The lowest BCUT2D eigenvalue weighted by molar-refractivity contribution is 0.0879. The molecule has 0 aromatic carbocycles. The number of aliphatic hydroxyl groups excluding tert-OH is 1. The van der Waals surface area contributed by atoms with E-state index >= 15 is 0 Å². The summed E-state index contributed by atoms with van der Waals surface area (Å²) in [4.78, 5) is 8.73. The van der Waals surface area contributed by atoms with Crippen LogP contribution in [0, 0.1) is 0 Å². The zero-order valence-electron chi connectivity index (χ0n) is 9.69. The lowest BCUT2D eigenvalue weighted by Crippen LogP contribution is -2.53. The predicted molar refractivity (Wildman–Crippen MR) is 61.9 cm³/mol. The molecule has 0 radical (unpaired) electrons. The molecule has 88 valence electrons. The first-order chi connectivity index (χ1) is 7.13. The summed E-state index contributed by atoms with van der Waals surface area (Å²) in [5.41, 5.74) is 6.95. The largest absolute Gasteiger partial charge is 0.395 e. The Balaban J connectivity index is 2.33. The van der Waals surface area contributed by atoms with Crippen LogP contribution in [-0.2, 0) is 0 Å². The number of hydrogen-bond acceptors (Lipinski definition) is 5. The molecule has 1 atom stereocenters. The van der Waals surface area contributed by atoms with E-state index in [0.717, 1.165) is 38.4 Å². The summed E-state index contributed by atoms with van der Waals surface area (Å²) >= 11 is 0. The number of hydrogen-bond donors (Lipinski definition) is 2. The Kier molecular flexibility index (Phi) is 5.17. The molecule has 1 aliphatic heterocycles. The van der Waals surface area contributed by atoms with Crippen LogP contribution >= 0.6 is 0 Å². The Morgan fingerprint density at radius 2 is 1.93 bits per heavy atom. The highest BCUT2D eigenvalue weighted by molar-refractivity contribution is 5.79. The molecule has 1 rings (SSSR count). The molecule has 1 saturated heterocycles. The second kappa shape index (κ2) is 6.17. The molecule has 1 unspecified atom stereocenters. The van der Waals surface area contributed by atoms with Crippen molar-refractivity contribution in [3.05, 3.63) is 0 Å². The highest BCUT2D eigenvalue weighted by atomic mass is 16.3. The molecule has 0 aromatic heterocycles. The smallest absolute Gasteiger partial charge is 0.153 e. The molecule has 1 fully saturated rings. The number of β-amino-alcohol motifs (C(OH)–C–C–N with tert-alkyl or cyclic N) is 1. The van der Waals surface area contributed by atoms with Crippen LogP contribution in [0.15, 0.2) is 4.99 Å². The van der Waals surface area contributed by atoms with Gasteiger partial charge in [-0.3, -0.25) is 20.5 Å². The minimum Gasteiger partial charge on any atom is -0.395 e. The van der Waals surface area contributed by atoms with Crippen molar-refractivity contribution in [3.8, 4) is 0 Å². The van der Waals surface area contributed by atoms with E-state index in [1.54, 1.807) is 0 Å². The number of nitrogens with zero attached hydrogens (tertiary/aromatic N) is 3. The van der Waals surface area contributed by atoms with Gasteiger partial charge in [0.1, 0.15) is 0 Å². The molecule has 0 bridgehead atoms. The van der Waals surface area contributed by atoms with Gasteiger partial charge in [0, 0.05) is 38.4 Å². The fourth-order valence-electron chi connectivity index (χ4n) is 1.74. The Hall–Kier alpha value is -0.490. The van der Waals surface area contributed by atoms with Crippen LogP contribution in [-0.4, -0.2) is 66.2 Å². The van der Waals surface area contributed by atoms with Crippen LogP contribution in [0.5, 0.6) is 0 Å². The van der Waals surface area contributed by atoms with Gasteiger partial charge in [0.05, 0.1) is 6.61 Å². The summed E-state index contributed by atoms with van der Waals surface area (Å²) in [5.74, 6) is 0. The highest BCUT2D eigenvalue weighted by Gasteiger charge is 2.20. The lowest BCUT2D eigenvalue weighted by Gasteiger charge is -2.36. The van der Waals surface area contributed by atoms with Gasteiger partial charge in [-0.05, 0) is 13.8 Å². The van der Waals surface area contributed by atoms with Gasteiger partial charge in [-0.1, -0.05) is 0 Å².